The fourth-order valence-corrected chi connectivity index (χ4v) is 5.21. The van der Waals surface area contributed by atoms with E-state index in [0.29, 0.717) is 24.1 Å². The SMILES string of the molecule is CC1CCC(C23COC(c4c(F)cc(-c5cc(F)c(F)c(F)c5)c(F)c4F)(OC2)OC3)CC1. The highest BCUT2D eigenvalue weighted by Crippen LogP contribution is 2.52. The van der Waals surface area contributed by atoms with Gasteiger partial charge in [0.05, 0.1) is 19.8 Å². The molecule has 2 aromatic carbocycles. The van der Waals surface area contributed by atoms with Crippen LogP contribution >= 0.6 is 0 Å². The quantitative estimate of drug-likeness (QED) is 0.303. The average molecular weight is 472 g/mol. The van der Waals surface area contributed by atoms with Crippen LogP contribution in [0.1, 0.15) is 38.2 Å². The molecule has 33 heavy (non-hydrogen) atoms. The molecule has 2 bridgehead atoms. The first-order chi connectivity index (χ1) is 15.7. The van der Waals surface area contributed by atoms with Crippen molar-refractivity contribution in [2.75, 3.05) is 19.8 Å². The molecule has 178 valence electrons. The van der Waals surface area contributed by atoms with Gasteiger partial charge in [0.15, 0.2) is 29.1 Å². The zero-order valence-electron chi connectivity index (χ0n) is 17.8. The van der Waals surface area contributed by atoms with Crippen molar-refractivity contribution in [2.45, 2.75) is 38.6 Å². The standard InChI is InChI=1S/C24H22F6O3/c1-12-2-4-14(5-3-12)23-9-31-24(32-10-23,33-11-23)19-16(25)8-15(20(28)22(19)30)13-6-17(26)21(29)18(27)7-13/h6-8,12,14H,2-5,9-11H2,1H3. The maximum Gasteiger partial charge on any atom is 0.318 e. The molecule has 1 saturated carbocycles. The maximum absolute atomic E-state index is 15.1. The third-order valence-electron chi connectivity index (χ3n) is 7.29. The summed E-state index contributed by atoms with van der Waals surface area (Å²) in [6, 6.07) is 1.47. The zero-order chi connectivity index (χ0) is 23.5. The predicted octanol–water partition coefficient (Wildman–Crippen LogP) is 6.19. The summed E-state index contributed by atoms with van der Waals surface area (Å²) >= 11 is 0. The van der Waals surface area contributed by atoms with Crippen molar-refractivity contribution in [3.8, 4) is 11.1 Å². The van der Waals surface area contributed by atoms with Gasteiger partial charge in [-0.2, -0.15) is 0 Å². The largest absolute Gasteiger partial charge is 0.323 e. The molecule has 3 heterocycles. The number of benzene rings is 2. The van der Waals surface area contributed by atoms with E-state index in [0.717, 1.165) is 25.7 Å². The number of hydrogen-bond donors (Lipinski definition) is 0. The lowest BCUT2D eigenvalue weighted by Crippen LogP contribution is -2.61. The first-order valence-corrected chi connectivity index (χ1v) is 10.9. The van der Waals surface area contributed by atoms with Crippen molar-refractivity contribution in [2.24, 2.45) is 17.3 Å². The van der Waals surface area contributed by atoms with Crippen LogP contribution in [0.25, 0.3) is 11.1 Å². The topological polar surface area (TPSA) is 27.7 Å². The maximum atomic E-state index is 15.1. The second kappa shape index (κ2) is 7.99. The van der Waals surface area contributed by atoms with Crippen molar-refractivity contribution in [3.05, 3.63) is 58.7 Å². The molecule has 6 rings (SSSR count). The highest BCUT2D eigenvalue weighted by Gasteiger charge is 2.58. The van der Waals surface area contributed by atoms with Gasteiger partial charge in [0.2, 0.25) is 0 Å². The van der Waals surface area contributed by atoms with Crippen LogP contribution < -0.4 is 0 Å². The first kappa shape index (κ1) is 22.7. The summed E-state index contributed by atoms with van der Waals surface area (Å²) in [5, 5.41) is 0. The fraction of sp³-hybridized carbons (Fsp3) is 0.500. The van der Waals surface area contributed by atoms with Crippen molar-refractivity contribution < 1.29 is 40.6 Å². The minimum absolute atomic E-state index is 0.142. The molecule has 4 fully saturated rings. The summed E-state index contributed by atoms with van der Waals surface area (Å²) in [7, 11) is 0. The van der Waals surface area contributed by atoms with Gasteiger partial charge in [-0.15, -0.1) is 0 Å². The molecule has 0 unspecified atom stereocenters. The fourth-order valence-electron chi connectivity index (χ4n) is 5.21. The summed E-state index contributed by atoms with van der Waals surface area (Å²) in [6.45, 7) is 2.62. The van der Waals surface area contributed by atoms with E-state index in [9.17, 15) is 17.6 Å². The highest BCUT2D eigenvalue weighted by atomic mass is 19.2. The Hall–Kier alpha value is -2.10. The Bertz CT molecular complexity index is 1050. The number of fused-ring (bicyclic) bond motifs is 3. The summed E-state index contributed by atoms with van der Waals surface area (Å²) < 4.78 is 103. The summed E-state index contributed by atoms with van der Waals surface area (Å²) in [4.78, 5) is 0. The molecule has 1 aliphatic carbocycles. The number of ether oxygens (including phenoxy) is 3. The van der Waals surface area contributed by atoms with Crippen LogP contribution in [0.3, 0.4) is 0 Å². The van der Waals surface area contributed by atoms with Gasteiger partial charge in [0.25, 0.3) is 0 Å². The van der Waals surface area contributed by atoms with E-state index in [2.05, 4.69) is 6.92 Å². The van der Waals surface area contributed by atoms with E-state index in [1.165, 1.54) is 0 Å². The Kier molecular flexibility index (Phi) is 5.49. The molecule has 0 amide bonds. The van der Waals surface area contributed by atoms with Gasteiger partial charge in [-0.1, -0.05) is 19.8 Å². The molecule has 3 aliphatic heterocycles. The lowest BCUT2D eigenvalue weighted by molar-refractivity contribution is -0.487. The van der Waals surface area contributed by atoms with Crippen molar-refractivity contribution in [3.63, 3.8) is 0 Å². The van der Waals surface area contributed by atoms with Gasteiger partial charge in [-0.25, -0.2) is 26.3 Å². The van der Waals surface area contributed by atoms with E-state index in [1.807, 2.05) is 0 Å². The Morgan fingerprint density at radius 2 is 1.24 bits per heavy atom. The monoisotopic (exact) mass is 472 g/mol. The molecule has 3 nitrogen and oxygen atoms in total. The normalized spacial score (nSPS) is 31.7. The van der Waals surface area contributed by atoms with Gasteiger partial charge in [0.1, 0.15) is 11.4 Å². The Balaban J connectivity index is 1.46. The summed E-state index contributed by atoms with van der Waals surface area (Å²) in [6.07, 6.45) is 4.08. The molecule has 0 N–H and O–H groups in total. The lowest BCUT2D eigenvalue weighted by atomic mass is 9.67. The van der Waals surface area contributed by atoms with E-state index >= 15 is 8.78 Å². The minimum atomic E-state index is -2.25. The summed E-state index contributed by atoms with van der Waals surface area (Å²) in [5.41, 5.74) is -2.68. The molecule has 0 radical (unpaired) electrons. The van der Waals surface area contributed by atoms with E-state index in [-0.39, 0.29) is 25.7 Å². The Morgan fingerprint density at radius 3 is 1.79 bits per heavy atom. The molecule has 3 saturated heterocycles. The van der Waals surface area contributed by atoms with Crippen LogP contribution in [0.4, 0.5) is 26.3 Å². The molecular weight excluding hydrogens is 450 g/mol. The predicted molar refractivity (Wildman–Crippen MR) is 105 cm³/mol. The molecule has 0 aromatic heterocycles. The van der Waals surface area contributed by atoms with Gasteiger partial charge in [-0.3, -0.25) is 0 Å². The highest BCUT2D eigenvalue weighted by molar-refractivity contribution is 5.65. The third-order valence-corrected chi connectivity index (χ3v) is 7.29. The van der Waals surface area contributed by atoms with E-state index < -0.39 is 63.0 Å². The van der Waals surface area contributed by atoms with Gasteiger partial charge < -0.3 is 14.2 Å². The molecular formula is C24H22F6O3. The summed E-state index contributed by atoms with van der Waals surface area (Å²) in [5.74, 6) is -10.9. The second-order valence-corrected chi connectivity index (χ2v) is 9.40. The van der Waals surface area contributed by atoms with Crippen molar-refractivity contribution >= 4 is 0 Å². The second-order valence-electron chi connectivity index (χ2n) is 9.40. The van der Waals surface area contributed by atoms with E-state index in [4.69, 9.17) is 14.2 Å². The van der Waals surface area contributed by atoms with E-state index in [1.54, 1.807) is 0 Å². The zero-order valence-corrected chi connectivity index (χ0v) is 17.8. The number of rotatable bonds is 3. The molecule has 2 aromatic rings. The lowest BCUT2D eigenvalue weighted by Gasteiger charge is -2.55. The Morgan fingerprint density at radius 1 is 0.697 bits per heavy atom. The minimum Gasteiger partial charge on any atom is -0.323 e. The van der Waals surface area contributed by atoms with Crippen LogP contribution in [-0.4, -0.2) is 19.8 Å². The first-order valence-electron chi connectivity index (χ1n) is 10.9. The average Bonchev–Trinajstić information content (AvgIpc) is 2.81. The van der Waals surface area contributed by atoms with Gasteiger partial charge >= 0.3 is 5.97 Å². The van der Waals surface area contributed by atoms with Gasteiger partial charge in [0, 0.05) is 11.0 Å². The van der Waals surface area contributed by atoms with Crippen LogP contribution in [0.2, 0.25) is 0 Å². The van der Waals surface area contributed by atoms with Crippen LogP contribution in [0.15, 0.2) is 18.2 Å². The molecule has 9 heteroatoms. The van der Waals surface area contributed by atoms with Crippen molar-refractivity contribution in [1.82, 2.24) is 0 Å². The number of hydrogen-bond acceptors (Lipinski definition) is 3. The molecule has 4 aliphatic rings. The molecule has 0 spiro atoms. The van der Waals surface area contributed by atoms with Crippen LogP contribution in [0, 0.1) is 52.2 Å². The third kappa shape index (κ3) is 3.56. The smallest absolute Gasteiger partial charge is 0.318 e. The number of halogens is 6. The van der Waals surface area contributed by atoms with Crippen LogP contribution in [0.5, 0.6) is 0 Å². The van der Waals surface area contributed by atoms with Gasteiger partial charge in [-0.05, 0) is 48.4 Å². The van der Waals surface area contributed by atoms with Crippen LogP contribution in [-0.2, 0) is 20.2 Å². The Labute approximate surface area is 186 Å². The molecule has 0 atom stereocenters. The van der Waals surface area contributed by atoms with Crippen molar-refractivity contribution in [1.29, 1.82) is 0 Å².